The number of ether oxygens (including phenoxy) is 1. The summed E-state index contributed by atoms with van der Waals surface area (Å²) >= 11 is 0. The number of nitrogens with one attached hydrogen (secondary N) is 1. The number of amides is 1. The van der Waals surface area contributed by atoms with E-state index in [1.54, 1.807) is 6.07 Å². The maximum Gasteiger partial charge on any atom is 0.282 e. The molecule has 0 radical (unpaired) electrons. The molecule has 28 heavy (non-hydrogen) atoms. The SMILES string of the molecule is O=C(NCc1ccc(COCc2ccccc2)cc1)c1ccccc1[N+](=O)[O-]. The van der Waals surface area contributed by atoms with Crippen LogP contribution < -0.4 is 5.32 Å². The fourth-order valence-electron chi connectivity index (χ4n) is 2.72. The first kappa shape index (κ1) is 19.3. The van der Waals surface area contributed by atoms with Crippen LogP contribution in [-0.4, -0.2) is 10.8 Å². The summed E-state index contributed by atoms with van der Waals surface area (Å²) in [5.41, 5.74) is 2.91. The largest absolute Gasteiger partial charge is 0.372 e. The summed E-state index contributed by atoms with van der Waals surface area (Å²) in [6, 6.07) is 23.6. The van der Waals surface area contributed by atoms with Crippen LogP contribution in [0, 0.1) is 10.1 Å². The van der Waals surface area contributed by atoms with Crippen molar-refractivity contribution in [3.63, 3.8) is 0 Å². The summed E-state index contributed by atoms with van der Waals surface area (Å²) in [5.74, 6) is -0.470. The Morgan fingerprint density at radius 3 is 2.07 bits per heavy atom. The van der Waals surface area contributed by atoms with Crippen molar-refractivity contribution in [3.05, 3.63) is 111 Å². The molecule has 0 aliphatic carbocycles. The molecule has 1 amide bonds. The number of para-hydroxylation sites is 1. The van der Waals surface area contributed by atoms with Crippen LogP contribution >= 0.6 is 0 Å². The number of nitro groups is 1. The molecule has 0 aromatic heterocycles. The highest BCUT2D eigenvalue weighted by Gasteiger charge is 2.18. The van der Waals surface area contributed by atoms with Crippen molar-refractivity contribution in [3.8, 4) is 0 Å². The maximum absolute atomic E-state index is 12.3. The normalized spacial score (nSPS) is 10.4. The van der Waals surface area contributed by atoms with Gasteiger partial charge in [-0.05, 0) is 22.8 Å². The van der Waals surface area contributed by atoms with Gasteiger partial charge < -0.3 is 10.1 Å². The summed E-state index contributed by atoms with van der Waals surface area (Å²) in [7, 11) is 0. The van der Waals surface area contributed by atoms with Gasteiger partial charge in [-0.2, -0.15) is 0 Å². The Morgan fingerprint density at radius 2 is 1.39 bits per heavy atom. The molecule has 6 heteroatoms. The van der Waals surface area contributed by atoms with Crippen LogP contribution in [-0.2, 0) is 24.5 Å². The number of carbonyl (C=O) groups is 1. The minimum atomic E-state index is -0.556. The first-order chi connectivity index (χ1) is 13.6. The van der Waals surface area contributed by atoms with Crippen molar-refractivity contribution in [2.45, 2.75) is 19.8 Å². The minimum absolute atomic E-state index is 0.0541. The van der Waals surface area contributed by atoms with E-state index in [1.807, 2.05) is 54.6 Å². The van der Waals surface area contributed by atoms with Gasteiger partial charge in [-0.1, -0.05) is 66.7 Å². The maximum atomic E-state index is 12.3. The quantitative estimate of drug-likeness (QED) is 0.471. The first-order valence-corrected chi connectivity index (χ1v) is 8.84. The van der Waals surface area contributed by atoms with E-state index in [0.29, 0.717) is 13.2 Å². The smallest absolute Gasteiger partial charge is 0.282 e. The second-order valence-electron chi connectivity index (χ2n) is 6.25. The zero-order valence-corrected chi connectivity index (χ0v) is 15.2. The molecule has 0 saturated carbocycles. The predicted molar refractivity (Wildman–Crippen MR) is 106 cm³/mol. The molecule has 0 fully saturated rings. The van der Waals surface area contributed by atoms with Gasteiger partial charge in [0.2, 0.25) is 0 Å². The Hall–Kier alpha value is -3.51. The van der Waals surface area contributed by atoms with Crippen LogP contribution in [0.3, 0.4) is 0 Å². The molecule has 0 bridgehead atoms. The third-order valence-electron chi connectivity index (χ3n) is 4.20. The van der Waals surface area contributed by atoms with Gasteiger partial charge in [0.15, 0.2) is 0 Å². The Labute approximate surface area is 162 Å². The van der Waals surface area contributed by atoms with E-state index in [2.05, 4.69) is 5.32 Å². The van der Waals surface area contributed by atoms with Crippen LogP contribution in [0.2, 0.25) is 0 Å². The molecule has 3 aromatic rings. The summed E-state index contributed by atoms with van der Waals surface area (Å²) in [6.45, 7) is 1.34. The Morgan fingerprint density at radius 1 is 0.821 bits per heavy atom. The molecule has 0 saturated heterocycles. The Balaban J connectivity index is 1.50. The van der Waals surface area contributed by atoms with Gasteiger partial charge in [-0.3, -0.25) is 14.9 Å². The Bertz CT molecular complexity index is 940. The van der Waals surface area contributed by atoms with Gasteiger partial charge in [0, 0.05) is 12.6 Å². The topological polar surface area (TPSA) is 81.5 Å². The van der Waals surface area contributed by atoms with E-state index in [0.717, 1.165) is 16.7 Å². The molecule has 0 aliphatic rings. The molecular weight excluding hydrogens is 356 g/mol. The molecule has 0 heterocycles. The lowest BCUT2D eigenvalue weighted by Gasteiger charge is -2.08. The lowest BCUT2D eigenvalue weighted by atomic mass is 10.1. The lowest BCUT2D eigenvalue weighted by Crippen LogP contribution is -2.23. The molecule has 0 unspecified atom stereocenters. The van der Waals surface area contributed by atoms with E-state index in [1.165, 1.54) is 18.2 Å². The highest BCUT2D eigenvalue weighted by atomic mass is 16.6. The second kappa shape index (κ2) is 9.43. The number of hydrogen-bond acceptors (Lipinski definition) is 4. The van der Waals surface area contributed by atoms with Gasteiger partial charge >= 0.3 is 0 Å². The molecule has 0 spiro atoms. The highest BCUT2D eigenvalue weighted by Crippen LogP contribution is 2.17. The standard InChI is InChI=1S/C22H20N2O4/c25-22(20-8-4-5-9-21(20)24(26)27)23-14-17-10-12-19(13-11-17)16-28-15-18-6-2-1-3-7-18/h1-13H,14-16H2,(H,23,25). The summed E-state index contributed by atoms with van der Waals surface area (Å²) in [4.78, 5) is 22.7. The minimum Gasteiger partial charge on any atom is -0.372 e. The second-order valence-corrected chi connectivity index (χ2v) is 6.25. The number of carbonyl (C=O) groups excluding carboxylic acids is 1. The van der Waals surface area contributed by atoms with Crippen molar-refractivity contribution in [2.24, 2.45) is 0 Å². The molecule has 1 N–H and O–H groups in total. The van der Waals surface area contributed by atoms with Crippen molar-refractivity contribution in [1.29, 1.82) is 0 Å². The fourth-order valence-corrected chi connectivity index (χ4v) is 2.72. The number of nitrogens with zero attached hydrogens (tertiary/aromatic N) is 1. The van der Waals surface area contributed by atoms with Crippen molar-refractivity contribution >= 4 is 11.6 Å². The highest BCUT2D eigenvalue weighted by molar-refractivity contribution is 5.98. The molecule has 142 valence electrons. The number of benzene rings is 3. The lowest BCUT2D eigenvalue weighted by molar-refractivity contribution is -0.385. The van der Waals surface area contributed by atoms with Crippen LogP contribution in [0.5, 0.6) is 0 Å². The van der Waals surface area contributed by atoms with Gasteiger partial charge in [0.05, 0.1) is 18.1 Å². The average molecular weight is 376 g/mol. The zero-order valence-electron chi connectivity index (χ0n) is 15.2. The number of nitro benzene ring substituents is 1. The monoisotopic (exact) mass is 376 g/mol. The molecule has 6 nitrogen and oxygen atoms in total. The number of rotatable bonds is 8. The van der Waals surface area contributed by atoms with Crippen molar-refractivity contribution in [1.82, 2.24) is 5.32 Å². The Kier molecular flexibility index (Phi) is 6.49. The van der Waals surface area contributed by atoms with Gasteiger partial charge in [0.25, 0.3) is 11.6 Å². The van der Waals surface area contributed by atoms with Gasteiger partial charge in [-0.25, -0.2) is 0 Å². The third kappa shape index (κ3) is 5.25. The van der Waals surface area contributed by atoms with Gasteiger partial charge in [-0.15, -0.1) is 0 Å². The molecule has 3 rings (SSSR count). The summed E-state index contributed by atoms with van der Waals surface area (Å²) < 4.78 is 5.70. The van der Waals surface area contributed by atoms with E-state index in [9.17, 15) is 14.9 Å². The first-order valence-electron chi connectivity index (χ1n) is 8.84. The van der Waals surface area contributed by atoms with Crippen LogP contribution in [0.15, 0.2) is 78.9 Å². The molecule has 0 atom stereocenters. The van der Waals surface area contributed by atoms with Crippen LogP contribution in [0.25, 0.3) is 0 Å². The molecule has 3 aromatic carbocycles. The predicted octanol–water partition coefficient (Wildman–Crippen LogP) is 4.24. The van der Waals surface area contributed by atoms with E-state index in [4.69, 9.17) is 4.74 Å². The fraction of sp³-hybridized carbons (Fsp3) is 0.136. The van der Waals surface area contributed by atoms with Gasteiger partial charge in [0.1, 0.15) is 5.56 Å². The van der Waals surface area contributed by atoms with Crippen molar-refractivity contribution in [2.75, 3.05) is 0 Å². The van der Waals surface area contributed by atoms with Crippen LogP contribution in [0.4, 0.5) is 5.69 Å². The van der Waals surface area contributed by atoms with E-state index < -0.39 is 10.8 Å². The summed E-state index contributed by atoms with van der Waals surface area (Å²) in [6.07, 6.45) is 0. The number of hydrogen-bond donors (Lipinski definition) is 1. The molecular formula is C22H20N2O4. The molecule has 0 aliphatic heterocycles. The van der Waals surface area contributed by atoms with E-state index in [-0.39, 0.29) is 17.8 Å². The third-order valence-corrected chi connectivity index (χ3v) is 4.20. The summed E-state index contributed by atoms with van der Waals surface area (Å²) in [5, 5.41) is 13.7. The van der Waals surface area contributed by atoms with Crippen LogP contribution in [0.1, 0.15) is 27.0 Å². The van der Waals surface area contributed by atoms with E-state index >= 15 is 0 Å². The average Bonchev–Trinajstić information content (AvgIpc) is 2.73. The van der Waals surface area contributed by atoms with Crippen molar-refractivity contribution < 1.29 is 14.5 Å². The zero-order chi connectivity index (χ0) is 19.8.